The van der Waals surface area contributed by atoms with E-state index in [0.717, 1.165) is 123 Å². The molecule has 1 amide bonds. The highest BCUT2D eigenvalue weighted by molar-refractivity contribution is 6.07. The minimum Gasteiger partial charge on any atom is -0.481 e. The van der Waals surface area contributed by atoms with E-state index in [0.29, 0.717) is 28.5 Å². The van der Waals surface area contributed by atoms with Crippen molar-refractivity contribution in [3.05, 3.63) is 47.7 Å². The van der Waals surface area contributed by atoms with Crippen molar-refractivity contribution in [3.8, 4) is 16.9 Å². The van der Waals surface area contributed by atoms with Gasteiger partial charge in [0.25, 0.3) is 0 Å². The molecule has 4 aromatic rings. The number of halogens is 3. The van der Waals surface area contributed by atoms with Crippen molar-refractivity contribution in [2.45, 2.75) is 70.5 Å². The second-order valence-corrected chi connectivity index (χ2v) is 16.9. The minimum atomic E-state index is -4.55. The molecule has 2 saturated carbocycles. The molecule has 6 fully saturated rings. The molecule has 278 valence electrons. The highest BCUT2D eigenvalue weighted by Gasteiger charge is 2.55. The number of nitrogens with zero attached hydrogens (tertiary/aromatic N) is 7. The van der Waals surface area contributed by atoms with E-state index in [9.17, 15) is 18.0 Å². The molecule has 10 nitrogen and oxygen atoms in total. The Bertz CT molecular complexity index is 2160. The van der Waals surface area contributed by atoms with Crippen molar-refractivity contribution in [2.24, 2.45) is 10.8 Å². The topological polar surface area (TPSA) is 93.7 Å². The number of likely N-dealkylation sites (tertiary alicyclic amines) is 2. The minimum absolute atomic E-state index is 0.0331. The van der Waals surface area contributed by atoms with Gasteiger partial charge in [0.15, 0.2) is 12.4 Å². The first-order valence-electron chi connectivity index (χ1n) is 19.1. The number of hydrogen-bond acceptors (Lipinski definition) is 8. The van der Waals surface area contributed by atoms with Crippen molar-refractivity contribution < 1.29 is 22.7 Å². The predicted molar refractivity (Wildman–Crippen MR) is 198 cm³/mol. The summed E-state index contributed by atoms with van der Waals surface area (Å²) in [4.78, 5) is 31.6. The summed E-state index contributed by atoms with van der Waals surface area (Å²) in [5.74, 6) is 1.61. The fourth-order valence-electron chi connectivity index (χ4n) is 9.54. The van der Waals surface area contributed by atoms with Crippen LogP contribution in [0.2, 0.25) is 0 Å². The predicted octanol–water partition coefficient (Wildman–Crippen LogP) is 6.51. The standard InChI is InChI=1S/C40H45F3N8O2/c1-4-30(52)51-20-39(21-51)11-13-48(14-12-39)36-28-15-27(25-6-7-25)33(31-23(2)5-8-29-32(31)24(3)46-47-29)35(53-22-40(41,42)43)34(28)44-37(45-36)49-16-26(17-49)50-18-38(19-50)9-10-38/h4-5,8,15,25-26H,1,6-7,9-14,16-22H2,2-3H3,(H,46,47). The van der Waals surface area contributed by atoms with Crippen LogP contribution in [0.1, 0.15) is 61.3 Å². The highest BCUT2D eigenvalue weighted by Crippen LogP contribution is 2.55. The molecule has 4 aliphatic heterocycles. The summed E-state index contributed by atoms with van der Waals surface area (Å²) in [6, 6.07) is 6.52. The molecule has 6 aliphatic rings. The Balaban J connectivity index is 1.11. The Morgan fingerprint density at radius 3 is 2.38 bits per heavy atom. The van der Waals surface area contributed by atoms with Crippen molar-refractivity contribution in [2.75, 3.05) is 68.8 Å². The number of hydrogen-bond donors (Lipinski definition) is 1. The molecule has 0 radical (unpaired) electrons. The molecule has 0 atom stereocenters. The van der Waals surface area contributed by atoms with Gasteiger partial charge in [-0.15, -0.1) is 0 Å². The van der Waals surface area contributed by atoms with E-state index in [4.69, 9.17) is 14.7 Å². The lowest BCUT2D eigenvalue weighted by Crippen LogP contribution is -2.66. The van der Waals surface area contributed by atoms with E-state index in [-0.39, 0.29) is 23.0 Å². The summed E-state index contributed by atoms with van der Waals surface area (Å²) in [6.07, 6.45) is 3.17. The van der Waals surface area contributed by atoms with Crippen molar-refractivity contribution in [1.82, 2.24) is 30.0 Å². The first kappa shape index (κ1) is 33.2. The molecular weight excluding hydrogens is 681 g/mol. The Morgan fingerprint density at radius 1 is 1.00 bits per heavy atom. The zero-order chi connectivity index (χ0) is 36.4. The molecule has 0 bridgehead atoms. The van der Waals surface area contributed by atoms with E-state index in [1.165, 1.54) is 18.9 Å². The molecule has 2 aromatic carbocycles. The third-order valence-corrected chi connectivity index (χ3v) is 13.1. The van der Waals surface area contributed by atoms with Crippen molar-refractivity contribution in [1.29, 1.82) is 0 Å². The fraction of sp³-hybridized carbons (Fsp3) is 0.550. The van der Waals surface area contributed by atoms with Gasteiger partial charge in [-0.05, 0) is 98.6 Å². The first-order valence-corrected chi connectivity index (χ1v) is 19.1. The van der Waals surface area contributed by atoms with Gasteiger partial charge in [0.2, 0.25) is 11.9 Å². The van der Waals surface area contributed by atoms with E-state index in [1.807, 2.05) is 30.9 Å². The summed E-state index contributed by atoms with van der Waals surface area (Å²) in [6.45, 7) is 13.0. The van der Waals surface area contributed by atoms with Crippen LogP contribution >= 0.6 is 0 Å². The molecule has 2 aliphatic carbocycles. The Labute approximate surface area is 306 Å². The lowest BCUT2D eigenvalue weighted by molar-refractivity contribution is -0.153. The average molecular weight is 727 g/mol. The van der Waals surface area contributed by atoms with Crippen LogP contribution in [0.15, 0.2) is 30.9 Å². The number of carbonyl (C=O) groups is 1. The van der Waals surface area contributed by atoms with E-state index in [1.54, 1.807) is 0 Å². The van der Waals surface area contributed by atoms with Crippen LogP contribution in [0.5, 0.6) is 5.75 Å². The quantitative estimate of drug-likeness (QED) is 0.206. The first-order chi connectivity index (χ1) is 25.4. The maximum Gasteiger partial charge on any atom is 0.422 e. The van der Waals surface area contributed by atoms with Crippen LogP contribution in [-0.4, -0.2) is 107 Å². The largest absolute Gasteiger partial charge is 0.481 e. The highest BCUT2D eigenvalue weighted by atomic mass is 19.4. The maximum atomic E-state index is 14.1. The van der Waals surface area contributed by atoms with Gasteiger partial charge in [0.1, 0.15) is 11.3 Å². The van der Waals surface area contributed by atoms with Crippen molar-refractivity contribution in [3.63, 3.8) is 0 Å². The van der Waals surface area contributed by atoms with Gasteiger partial charge < -0.3 is 19.4 Å². The Hall–Kier alpha value is -4.39. The Kier molecular flexibility index (Phi) is 7.24. The zero-order valence-corrected chi connectivity index (χ0v) is 30.4. The summed E-state index contributed by atoms with van der Waals surface area (Å²) < 4.78 is 48.4. The second kappa shape index (κ2) is 11.6. The van der Waals surface area contributed by atoms with Crippen LogP contribution in [-0.2, 0) is 4.79 Å². The van der Waals surface area contributed by atoms with Gasteiger partial charge in [-0.3, -0.25) is 14.8 Å². The van der Waals surface area contributed by atoms with Crippen LogP contribution < -0.4 is 14.5 Å². The molecule has 0 unspecified atom stereocenters. The number of aryl methyl sites for hydroxylation is 2. The number of amides is 1. The molecular formula is C40H45F3N8O2. The van der Waals surface area contributed by atoms with Crippen LogP contribution in [0.3, 0.4) is 0 Å². The van der Waals surface area contributed by atoms with E-state index >= 15 is 0 Å². The lowest BCUT2D eigenvalue weighted by Gasteiger charge is -2.54. The van der Waals surface area contributed by atoms with Gasteiger partial charge >= 0.3 is 6.18 Å². The Morgan fingerprint density at radius 2 is 1.72 bits per heavy atom. The SMILES string of the molecule is C=CC(=O)N1CC2(CCN(c3nc(N4CC(N5CC6(CC6)C5)C4)nc4c(OCC(F)(F)F)c(-c5c(C)ccc6n[nH]c(C)c56)c(C5CC5)cc34)CC2)C1. The summed E-state index contributed by atoms with van der Waals surface area (Å²) in [5.41, 5.74) is 6.09. The van der Waals surface area contributed by atoms with E-state index < -0.39 is 12.8 Å². The van der Waals surface area contributed by atoms with Gasteiger partial charge in [-0.2, -0.15) is 23.3 Å². The maximum absolute atomic E-state index is 14.1. The number of benzene rings is 2. The monoisotopic (exact) mass is 726 g/mol. The number of piperidine rings is 1. The number of aromatic nitrogens is 4. The van der Waals surface area contributed by atoms with Crippen LogP contribution in [0, 0.1) is 24.7 Å². The van der Waals surface area contributed by atoms with Gasteiger partial charge in [-0.1, -0.05) is 12.6 Å². The molecule has 4 saturated heterocycles. The molecule has 10 rings (SSSR count). The number of aromatic amines is 1. The average Bonchev–Trinajstić information content (AvgIpc) is 4.02. The lowest BCUT2D eigenvalue weighted by atomic mass is 9.72. The summed E-state index contributed by atoms with van der Waals surface area (Å²) >= 11 is 0. The fourth-order valence-corrected chi connectivity index (χ4v) is 9.54. The molecule has 6 heterocycles. The van der Waals surface area contributed by atoms with Gasteiger partial charge in [-0.25, -0.2) is 4.98 Å². The summed E-state index contributed by atoms with van der Waals surface area (Å²) in [5, 5.41) is 9.24. The third-order valence-electron chi connectivity index (χ3n) is 13.1. The third kappa shape index (κ3) is 5.55. The number of nitrogens with one attached hydrogen (secondary N) is 1. The number of rotatable bonds is 8. The smallest absolute Gasteiger partial charge is 0.422 e. The number of fused-ring (bicyclic) bond motifs is 2. The van der Waals surface area contributed by atoms with Crippen LogP contribution in [0.4, 0.5) is 24.9 Å². The molecule has 2 aromatic heterocycles. The zero-order valence-electron chi connectivity index (χ0n) is 30.4. The number of alkyl halides is 3. The van der Waals surface area contributed by atoms with Crippen molar-refractivity contribution >= 4 is 39.5 Å². The molecule has 53 heavy (non-hydrogen) atoms. The summed E-state index contributed by atoms with van der Waals surface area (Å²) in [7, 11) is 0. The number of carbonyl (C=O) groups excluding carboxylic acids is 1. The van der Waals surface area contributed by atoms with E-state index in [2.05, 4.69) is 37.5 Å². The van der Waals surface area contributed by atoms with Crippen LogP contribution in [0.25, 0.3) is 32.9 Å². The second-order valence-electron chi connectivity index (χ2n) is 16.9. The number of anilines is 2. The number of H-pyrrole nitrogens is 1. The van der Waals surface area contributed by atoms with Gasteiger partial charge in [0, 0.05) is 85.8 Å². The number of ether oxygens (including phenoxy) is 1. The normalized spacial score (nSPS) is 22.3. The molecule has 13 heteroatoms. The van der Waals surface area contributed by atoms with Gasteiger partial charge in [0.05, 0.1) is 5.52 Å². The molecule has 1 N–H and O–H groups in total. The molecule has 2 spiro atoms.